The van der Waals surface area contributed by atoms with Crippen LogP contribution in [0.25, 0.3) is 0 Å². The molecule has 0 radical (unpaired) electrons. The number of nitrogens with one attached hydrogen (secondary N) is 1. The van der Waals surface area contributed by atoms with Gasteiger partial charge in [-0.05, 0) is 23.8 Å². The second-order valence-electron chi connectivity index (χ2n) is 4.23. The van der Waals surface area contributed by atoms with Crippen LogP contribution in [0.2, 0.25) is 0 Å². The molecule has 0 aliphatic heterocycles. The van der Waals surface area contributed by atoms with Crippen LogP contribution in [-0.4, -0.2) is 12.5 Å². The number of rotatable bonds is 3. The third-order valence-corrected chi connectivity index (χ3v) is 2.68. The minimum Gasteiger partial charge on any atom is -0.430 e. The summed E-state index contributed by atoms with van der Waals surface area (Å²) in [7, 11) is 0. The second-order valence-corrected chi connectivity index (χ2v) is 4.23. The van der Waals surface area contributed by atoms with Crippen LogP contribution in [0.5, 0.6) is 0 Å². The van der Waals surface area contributed by atoms with E-state index in [0.717, 1.165) is 17.4 Å². The molecule has 106 valence electrons. The standard InChI is InChI=1S/C16H14N2O3/c17-8-2-5-12-3-1-4-13(9-12)10-18-16(20)14-6-7-15(19)21-11-14/h1,3-4,6-7,9,11H,8,10,17H2,(H,18,20). The molecule has 1 aromatic carbocycles. The zero-order chi connectivity index (χ0) is 15.1. The molecule has 0 aliphatic rings. The van der Waals surface area contributed by atoms with Crippen molar-refractivity contribution in [2.24, 2.45) is 5.73 Å². The number of benzene rings is 1. The number of nitrogens with two attached hydrogens (primary N) is 1. The molecule has 21 heavy (non-hydrogen) atoms. The molecule has 5 nitrogen and oxygen atoms in total. The maximum atomic E-state index is 11.9. The second kappa shape index (κ2) is 7.08. The Morgan fingerprint density at radius 3 is 2.86 bits per heavy atom. The quantitative estimate of drug-likeness (QED) is 0.818. The highest BCUT2D eigenvalue weighted by atomic mass is 16.4. The van der Waals surface area contributed by atoms with Gasteiger partial charge in [-0.15, -0.1) is 0 Å². The molecule has 0 spiro atoms. The summed E-state index contributed by atoms with van der Waals surface area (Å²) >= 11 is 0. The number of hydrogen-bond donors (Lipinski definition) is 2. The first kappa shape index (κ1) is 14.6. The smallest absolute Gasteiger partial charge is 0.335 e. The Morgan fingerprint density at radius 1 is 1.29 bits per heavy atom. The third-order valence-electron chi connectivity index (χ3n) is 2.68. The van der Waals surface area contributed by atoms with Crippen LogP contribution in [0.4, 0.5) is 0 Å². The lowest BCUT2D eigenvalue weighted by atomic mass is 10.1. The first-order chi connectivity index (χ1) is 10.2. The average Bonchev–Trinajstić information content (AvgIpc) is 2.52. The Bertz CT molecular complexity index is 733. The number of hydrogen-bond acceptors (Lipinski definition) is 4. The van der Waals surface area contributed by atoms with Gasteiger partial charge < -0.3 is 15.5 Å². The van der Waals surface area contributed by atoms with Crippen molar-refractivity contribution < 1.29 is 9.21 Å². The molecule has 0 atom stereocenters. The summed E-state index contributed by atoms with van der Waals surface area (Å²) in [4.78, 5) is 22.7. The number of carbonyl (C=O) groups excluding carboxylic acids is 1. The largest absolute Gasteiger partial charge is 0.430 e. The van der Waals surface area contributed by atoms with Crippen molar-refractivity contribution in [1.29, 1.82) is 0 Å². The summed E-state index contributed by atoms with van der Waals surface area (Å²) in [6, 6.07) is 10.1. The van der Waals surface area contributed by atoms with Gasteiger partial charge in [-0.25, -0.2) is 4.79 Å². The molecule has 2 aromatic rings. The molecule has 5 heteroatoms. The van der Waals surface area contributed by atoms with Crippen molar-refractivity contribution >= 4 is 5.91 Å². The van der Waals surface area contributed by atoms with Crippen molar-refractivity contribution in [3.63, 3.8) is 0 Å². The first-order valence-electron chi connectivity index (χ1n) is 6.34. The SMILES string of the molecule is NCC#Cc1cccc(CNC(=O)c2ccc(=O)oc2)c1. The van der Waals surface area contributed by atoms with E-state index in [1.54, 1.807) is 0 Å². The van der Waals surface area contributed by atoms with E-state index in [-0.39, 0.29) is 5.91 Å². The van der Waals surface area contributed by atoms with Crippen LogP contribution in [0.1, 0.15) is 21.5 Å². The summed E-state index contributed by atoms with van der Waals surface area (Å²) in [5.41, 5.74) is 6.90. The van der Waals surface area contributed by atoms with Gasteiger partial charge in [0.15, 0.2) is 0 Å². The molecule has 1 heterocycles. The Kier molecular flexibility index (Phi) is 4.91. The van der Waals surface area contributed by atoms with Gasteiger partial charge in [0.05, 0.1) is 12.1 Å². The van der Waals surface area contributed by atoms with Crippen LogP contribution in [0.15, 0.2) is 51.9 Å². The zero-order valence-electron chi connectivity index (χ0n) is 11.3. The van der Waals surface area contributed by atoms with Crippen LogP contribution in [0, 0.1) is 11.8 Å². The van der Waals surface area contributed by atoms with Crippen molar-refractivity contribution in [3.05, 3.63) is 69.8 Å². The fourth-order valence-electron chi connectivity index (χ4n) is 1.68. The van der Waals surface area contributed by atoms with E-state index in [1.165, 1.54) is 12.1 Å². The topological polar surface area (TPSA) is 85.3 Å². The Hall–Kier alpha value is -2.84. The molecule has 1 amide bonds. The van der Waals surface area contributed by atoms with E-state index in [0.29, 0.717) is 18.7 Å². The lowest BCUT2D eigenvalue weighted by Gasteiger charge is -2.05. The molecular formula is C16H14N2O3. The first-order valence-corrected chi connectivity index (χ1v) is 6.34. The highest BCUT2D eigenvalue weighted by Gasteiger charge is 2.06. The molecular weight excluding hydrogens is 268 g/mol. The van der Waals surface area contributed by atoms with Gasteiger partial charge >= 0.3 is 5.63 Å². The predicted octanol–water partition coefficient (Wildman–Crippen LogP) is 0.880. The average molecular weight is 282 g/mol. The molecule has 2 rings (SSSR count). The minimum absolute atomic E-state index is 0.300. The highest BCUT2D eigenvalue weighted by Crippen LogP contribution is 2.04. The summed E-state index contributed by atoms with van der Waals surface area (Å²) in [6.07, 6.45) is 1.14. The summed E-state index contributed by atoms with van der Waals surface area (Å²) in [5.74, 6) is 5.40. The van der Waals surface area contributed by atoms with Gasteiger partial charge in [0.1, 0.15) is 6.26 Å². The normalized spacial score (nSPS) is 9.57. The maximum Gasteiger partial charge on any atom is 0.335 e. The molecule has 0 aliphatic carbocycles. The summed E-state index contributed by atoms with van der Waals surface area (Å²) in [5, 5.41) is 2.74. The predicted molar refractivity (Wildman–Crippen MR) is 78.5 cm³/mol. The van der Waals surface area contributed by atoms with E-state index >= 15 is 0 Å². The van der Waals surface area contributed by atoms with Crippen LogP contribution >= 0.6 is 0 Å². The number of carbonyl (C=O) groups is 1. The molecule has 0 saturated carbocycles. The van der Waals surface area contributed by atoms with Gasteiger partial charge in [-0.1, -0.05) is 24.0 Å². The molecule has 0 saturated heterocycles. The van der Waals surface area contributed by atoms with E-state index in [4.69, 9.17) is 5.73 Å². The van der Waals surface area contributed by atoms with E-state index < -0.39 is 5.63 Å². The molecule has 0 bridgehead atoms. The lowest BCUT2D eigenvalue weighted by Crippen LogP contribution is -2.23. The molecule has 0 fully saturated rings. The van der Waals surface area contributed by atoms with E-state index in [9.17, 15) is 9.59 Å². The van der Waals surface area contributed by atoms with Crippen molar-refractivity contribution in [1.82, 2.24) is 5.32 Å². The Morgan fingerprint density at radius 2 is 2.14 bits per heavy atom. The Balaban J connectivity index is 2.01. The van der Waals surface area contributed by atoms with E-state index in [2.05, 4.69) is 21.6 Å². The highest BCUT2D eigenvalue weighted by molar-refractivity contribution is 5.93. The van der Waals surface area contributed by atoms with Crippen LogP contribution < -0.4 is 16.7 Å². The van der Waals surface area contributed by atoms with Gasteiger partial charge in [0, 0.05) is 18.2 Å². The monoisotopic (exact) mass is 282 g/mol. The van der Waals surface area contributed by atoms with Gasteiger partial charge in [-0.3, -0.25) is 4.79 Å². The summed E-state index contributed by atoms with van der Waals surface area (Å²) < 4.78 is 4.65. The fourth-order valence-corrected chi connectivity index (χ4v) is 1.68. The maximum absolute atomic E-state index is 11.9. The van der Waals surface area contributed by atoms with Crippen LogP contribution in [-0.2, 0) is 6.54 Å². The van der Waals surface area contributed by atoms with Gasteiger partial charge in [0.25, 0.3) is 5.91 Å². The van der Waals surface area contributed by atoms with Crippen molar-refractivity contribution in [3.8, 4) is 11.8 Å². The zero-order valence-corrected chi connectivity index (χ0v) is 11.3. The molecule has 1 aromatic heterocycles. The summed E-state index contributed by atoms with van der Waals surface area (Å²) in [6.45, 7) is 0.663. The molecule has 3 N–H and O–H groups in total. The fraction of sp³-hybridized carbons (Fsp3) is 0.125. The van der Waals surface area contributed by atoms with Crippen molar-refractivity contribution in [2.75, 3.05) is 6.54 Å². The number of amides is 1. The molecule has 0 unspecified atom stereocenters. The van der Waals surface area contributed by atoms with Gasteiger partial charge in [-0.2, -0.15) is 0 Å². The lowest BCUT2D eigenvalue weighted by molar-refractivity contribution is 0.0948. The Labute approximate surface area is 121 Å². The minimum atomic E-state index is -0.488. The van der Waals surface area contributed by atoms with Gasteiger partial charge in [0.2, 0.25) is 0 Å². The van der Waals surface area contributed by atoms with E-state index in [1.807, 2.05) is 24.3 Å². The van der Waals surface area contributed by atoms with Crippen molar-refractivity contribution in [2.45, 2.75) is 6.54 Å². The third kappa shape index (κ3) is 4.34. The van der Waals surface area contributed by atoms with Crippen LogP contribution in [0.3, 0.4) is 0 Å².